The number of benzene rings is 1. The topological polar surface area (TPSA) is 68.1 Å². The van der Waals surface area contributed by atoms with E-state index in [1.807, 2.05) is 0 Å². The molecule has 1 aromatic carbocycles. The summed E-state index contributed by atoms with van der Waals surface area (Å²) in [5.74, 6) is -0.276. The van der Waals surface area contributed by atoms with E-state index >= 15 is 0 Å². The Kier molecular flexibility index (Phi) is 5.41. The molecule has 1 fully saturated rings. The predicted molar refractivity (Wildman–Crippen MR) is 94.1 cm³/mol. The summed E-state index contributed by atoms with van der Waals surface area (Å²) in [6.07, 6.45) is 3.08. The highest BCUT2D eigenvalue weighted by Crippen LogP contribution is 2.21. The molecule has 9 heteroatoms. The number of aromatic nitrogens is 3. The number of piperidine rings is 1. The van der Waals surface area contributed by atoms with E-state index in [1.165, 1.54) is 12.1 Å². The van der Waals surface area contributed by atoms with Crippen LogP contribution in [0.2, 0.25) is 5.02 Å². The molecule has 6 nitrogen and oxygen atoms in total. The summed E-state index contributed by atoms with van der Waals surface area (Å²) in [6, 6.07) is 4.37. The van der Waals surface area contributed by atoms with E-state index in [0.717, 1.165) is 18.8 Å². The maximum atomic E-state index is 13.2. The molecule has 1 aliphatic rings. The van der Waals surface area contributed by atoms with E-state index in [2.05, 4.69) is 15.2 Å². The Balaban J connectivity index is 1.62. The van der Waals surface area contributed by atoms with Crippen LogP contribution in [0.25, 0.3) is 5.69 Å². The first-order chi connectivity index (χ1) is 11.9. The van der Waals surface area contributed by atoms with Crippen LogP contribution in [0.15, 0.2) is 24.4 Å². The number of hydrogen-bond acceptors (Lipinski definition) is 5. The average Bonchev–Trinajstić information content (AvgIpc) is 3.06. The second-order valence-corrected chi connectivity index (χ2v) is 9.16. The third kappa shape index (κ3) is 4.19. The van der Waals surface area contributed by atoms with Crippen molar-refractivity contribution in [2.45, 2.75) is 31.6 Å². The largest absolute Gasteiger partial charge is 0.297 e. The highest BCUT2D eigenvalue weighted by molar-refractivity contribution is 7.92. The molecule has 2 aromatic rings. The summed E-state index contributed by atoms with van der Waals surface area (Å²) in [5.41, 5.74) is 1.41. The highest BCUT2D eigenvalue weighted by atomic mass is 35.5. The zero-order valence-corrected chi connectivity index (χ0v) is 15.5. The van der Waals surface area contributed by atoms with Gasteiger partial charge < -0.3 is 0 Å². The minimum atomic E-state index is -2.96. The Labute approximate surface area is 151 Å². The van der Waals surface area contributed by atoms with Crippen LogP contribution in [0, 0.1) is 5.82 Å². The zero-order chi connectivity index (χ0) is 18.0. The van der Waals surface area contributed by atoms with Crippen LogP contribution in [-0.2, 0) is 16.4 Å². The van der Waals surface area contributed by atoms with Crippen LogP contribution in [-0.4, -0.2) is 52.4 Å². The first kappa shape index (κ1) is 18.3. The fraction of sp³-hybridized carbons (Fsp3) is 0.500. The molecule has 0 atom stereocenters. The molecule has 3 rings (SSSR count). The number of halogens is 2. The zero-order valence-electron chi connectivity index (χ0n) is 13.9. The van der Waals surface area contributed by atoms with Crippen molar-refractivity contribution in [1.29, 1.82) is 0 Å². The highest BCUT2D eigenvalue weighted by Gasteiger charge is 2.28. The van der Waals surface area contributed by atoms with E-state index in [-0.39, 0.29) is 16.0 Å². The third-order valence-corrected chi connectivity index (χ3v) is 7.12. The molecule has 136 valence electrons. The number of rotatable bonds is 5. The molecule has 25 heavy (non-hydrogen) atoms. The van der Waals surface area contributed by atoms with Gasteiger partial charge in [-0.05, 0) is 44.1 Å². The Morgan fingerprint density at radius 2 is 2.04 bits per heavy atom. The first-order valence-electron chi connectivity index (χ1n) is 8.19. The van der Waals surface area contributed by atoms with Crippen LogP contribution in [0.3, 0.4) is 0 Å². The smallest absolute Gasteiger partial charge is 0.152 e. The molecule has 0 amide bonds. The van der Waals surface area contributed by atoms with Crippen molar-refractivity contribution >= 4 is 21.4 Å². The minimum Gasteiger partial charge on any atom is -0.297 e. The summed E-state index contributed by atoms with van der Waals surface area (Å²) < 4.78 is 38.7. The van der Waals surface area contributed by atoms with Gasteiger partial charge >= 0.3 is 0 Å². The van der Waals surface area contributed by atoms with E-state index in [4.69, 9.17) is 11.6 Å². The lowest BCUT2D eigenvalue weighted by atomic mass is 10.1. The van der Waals surface area contributed by atoms with Gasteiger partial charge in [0.05, 0.1) is 27.9 Å². The Bertz CT molecular complexity index is 848. The van der Waals surface area contributed by atoms with Crippen molar-refractivity contribution in [1.82, 2.24) is 19.9 Å². The predicted octanol–water partition coefficient (Wildman–Crippen LogP) is 2.46. The van der Waals surface area contributed by atoms with E-state index in [1.54, 1.807) is 23.9 Å². The van der Waals surface area contributed by atoms with Gasteiger partial charge in [0.15, 0.2) is 9.84 Å². The van der Waals surface area contributed by atoms with Crippen LogP contribution in [0.1, 0.15) is 25.5 Å². The van der Waals surface area contributed by atoms with Crippen molar-refractivity contribution in [3.05, 3.63) is 40.9 Å². The molecule has 0 bridgehead atoms. The second kappa shape index (κ2) is 7.39. The lowest BCUT2D eigenvalue weighted by Crippen LogP contribution is -2.39. The molecule has 0 N–H and O–H groups in total. The molecule has 0 aliphatic carbocycles. The molecule has 0 spiro atoms. The van der Waals surface area contributed by atoms with Crippen LogP contribution in [0.5, 0.6) is 0 Å². The van der Waals surface area contributed by atoms with Crippen LogP contribution < -0.4 is 0 Å². The quantitative estimate of drug-likeness (QED) is 0.789. The summed E-state index contributed by atoms with van der Waals surface area (Å²) in [4.78, 5) is 2.17. The normalized spacial score (nSPS) is 17.1. The number of sulfone groups is 1. The summed E-state index contributed by atoms with van der Waals surface area (Å²) >= 11 is 5.79. The Morgan fingerprint density at radius 1 is 1.32 bits per heavy atom. The van der Waals surface area contributed by atoms with Crippen LogP contribution >= 0.6 is 11.6 Å². The van der Waals surface area contributed by atoms with E-state index < -0.39 is 15.7 Å². The fourth-order valence-corrected chi connectivity index (χ4v) is 4.59. The SMILES string of the molecule is CCS(=O)(=O)C1CCN(Cc2cn(-c3ccc(F)c(Cl)c3)nn2)CC1. The van der Waals surface area contributed by atoms with Crippen molar-refractivity contribution in [2.24, 2.45) is 0 Å². The summed E-state index contributed by atoms with van der Waals surface area (Å²) in [6.45, 7) is 3.74. The second-order valence-electron chi connectivity index (χ2n) is 6.18. The summed E-state index contributed by atoms with van der Waals surface area (Å²) in [7, 11) is -2.96. The van der Waals surface area contributed by atoms with Gasteiger partial charge in [0.2, 0.25) is 0 Å². The Hall–Kier alpha value is -1.51. The standard InChI is InChI=1S/C16H20ClFN4O2S/c1-2-25(23,24)14-5-7-21(8-6-14)10-12-11-22(20-19-12)13-3-4-16(18)15(17)9-13/h3-4,9,11,14H,2,5-8,10H2,1H3. The molecule has 0 saturated carbocycles. The summed E-state index contributed by atoms with van der Waals surface area (Å²) in [5, 5.41) is 8.00. The average molecular weight is 387 g/mol. The van der Waals surface area contributed by atoms with Gasteiger partial charge in [-0.2, -0.15) is 0 Å². The van der Waals surface area contributed by atoms with E-state index in [0.29, 0.717) is 25.1 Å². The maximum absolute atomic E-state index is 13.2. The monoisotopic (exact) mass is 386 g/mol. The minimum absolute atomic E-state index is 0.0359. The molecular weight excluding hydrogens is 367 g/mol. The van der Waals surface area contributed by atoms with Gasteiger partial charge in [-0.3, -0.25) is 4.90 Å². The first-order valence-corrected chi connectivity index (χ1v) is 10.3. The molecule has 1 saturated heterocycles. The Morgan fingerprint density at radius 3 is 2.68 bits per heavy atom. The molecular formula is C16H20ClFN4O2S. The van der Waals surface area contributed by atoms with Gasteiger partial charge in [-0.25, -0.2) is 17.5 Å². The van der Waals surface area contributed by atoms with Crippen molar-refractivity contribution in [3.8, 4) is 5.69 Å². The van der Waals surface area contributed by atoms with Gasteiger partial charge in [0, 0.05) is 12.3 Å². The lowest BCUT2D eigenvalue weighted by Gasteiger charge is -2.30. The molecule has 0 unspecified atom stereocenters. The van der Waals surface area contributed by atoms with Gasteiger partial charge in [0.1, 0.15) is 5.82 Å². The molecule has 1 aliphatic heterocycles. The van der Waals surface area contributed by atoms with Gasteiger partial charge in [-0.15, -0.1) is 5.10 Å². The lowest BCUT2D eigenvalue weighted by molar-refractivity contribution is 0.219. The van der Waals surface area contributed by atoms with E-state index in [9.17, 15) is 12.8 Å². The van der Waals surface area contributed by atoms with Gasteiger partial charge in [0.25, 0.3) is 0 Å². The molecule has 2 heterocycles. The molecule has 1 aromatic heterocycles. The van der Waals surface area contributed by atoms with Crippen molar-refractivity contribution in [2.75, 3.05) is 18.8 Å². The maximum Gasteiger partial charge on any atom is 0.152 e. The molecule has 0 radical (unpaired) electrons. The third-order valence-electron chi connectivity index (χ3n) is 4.54. The number of likely N-dealkylation sites (tertiary alicyclic amines) is 1. The number of hydrogen-bond donors (Lipinski definition) is 0. The van der Waals surface area contributed by atoms with Crippen molar-refractivity contribution in [3.63, 3.8) is 0 Å². The van der Waals surface area contributed by atoms with Crippen LogP contribution in [0.4, 0.5) is 4.39 Å². The fourth-order valence-electron chi connectivity index (χ4n) is 3.02. The van der Waals surface area contributed by atoms with Crippen molar-refractivity contribution < 1.29 is 12.8 Å². The number of nitrogens with zero attached hydrogens (tertiary/aromatic N) is 4. The van der Waals surface area contributed by atoms with Gasteiger partial charge in [-0.1, -0.05) is 23.7 Å².